The number of rotatable bonds is 8. The fraction of sp³-hybridized carbons (Fsp3) is 0.370. The van der Waals surface area contributed by atoms with Gasteiger partial charge in [-0.2, -0.15) is 60.8 Å². The maximum Gasteiger partial charge on any atom is 0.507 e. The topological polar surface area (TPSA) is 94.5 Å². The van der Waals surface area contributed by atoms with Crippen LogP contribution in [0.2, 0.25) is 0 Å². The van der Waals surface area contributed by atoms with Crippen LogP contribution in [0.4, 0.5) is 49.6 Å². The Morgan fingerprint density at radius 2 is 1.61 bits per heavy atom. The second-order valence-corrected chi connectivity index (χ2v) is 11.0. The van der Waals surface area contributed by atoms with Gasteiger partial charge in [-0.1, -0.05) is 12.1 Å². The van der Waals surface area contributed by atoms with Crippen molar-refractivity contribution in [2.75, 3.05) is 17.3 Å². The normalized spacial score (nSPS) is 16.1. The van der Waals surface area contributed by atoms with E-state index in [1.54, 1.807) is 13.2 Å². The molecular formula is C27H22F10N4O4S. The largest absolute Gasteiger partial charge is 0.507 e. The van der Waals surface area contributed by atoms with Gasteiger partial charge in [0.15, 0.2) is 17.2 Å². The van der Waals surface area contributed by atoms with Crippen molar-refractivity contribution in [1.29, 1.82) is 0 Å². The van der Waals surface area contributed by atoms with Gasteiger partial charge in [0, 0.05) is 23.5 Å². The predicted octanol–water partition coefficient (Wildman–Crippen LogP) is 6.97. The molecule has 4 rings (SSSR count). The van der Waals surface area contributed by atoms with Gasteiger partial charge in [-0.15, -0.1) is 0 Å². The van der Waals surface area contributed by atoms with Crippen LogP contribution in [-0.4, -0.2) is 51.9 Å². The number of amides is 2. The third-order valence-corrected chi connectivity index (χ3v) is 7.26. The fourth-order valence-electron chi connectivity index (χ4n) is 4.36. The van der Waals surface area contributed by atoms with Crippen molar-refractivity contribution in [3.63, 3.8) is 0 Å². The zero-order chi connectivity index (χ0) is 34.4. The molecule has 0 fully saturated rings. The van der Waals surface area contributed by atoms with Crippen molar-refractivity contribution < 1.29 is 63.0 Å². The van der Waals surface area contributed by atoms with Crippen LogP contribution >= 0.6 is 11.8 Å². The van der Waals surface area contributed by atoms with E-state index in [4.69, 9.17) is 0 Å². The molecular weight excluding hydrogens is 666 g/mol. The van der Waals surface area contributed by atoms with E-state index in [-0.39, 0.29) is 27.6 Å². The Hall–Kier alpha value is -4.16. The first-order valence-electron chi connectivity index (χ1n) is 12.9. The molecule has 2 N–H and O–H groups in total. The quantitative estimate of drug-likeness (QED) is 0.249. The van der Waals surface area contributed by atoms with Crippen LogP contribution in [-0.2, 0) is 18.9 Å². The van der Waals surface area contributed by atoms with Crippen LogP contribution in [0.15, 0.2) is 36.4 Å². The molecule has 0 saturated heterocycles. The Morgan fingerprint density at radius 1 is 0.957 bits per heavy atom. The van der Waals surface area contributed by atoms with Crippen molar-refractivity contribution >= 4 is 29.3 Å². The van der Waals surface area contributed by atoms with E-state index in [1.807, 2.05) is 0 Å². The average Bonchev–Trinajstić information content (AvgIpc) is 3.35. The number of thioether (sulfide) groups is 1. The Labute approximate surface area is 257 Å². The molecule has 2 amide bonds. The zero-order valence-electron chi connectivity index (χ0n) is 23.7. The summed E-state index contributed by atoms with van der Waals surface area (Å²) < 4.78 is 144. The molecule has 0 spiro atoms. The van der Waals surface area contributed by atoms with Crippen LogP contribution in [0.3, 0.4) is 0 Å². The van der Waals surface area contributed by atoms with Gasteiger partial charge in [0.1, 0.15) is 5.69 Å². The Kier molecular flexibility index (Phi) is 9.22. The lowest BCUT2D eigenvalue weighted by molar-refractivity contribution is -0.391. The number of nitrogens with one attached hydrogen (secondary N) is 2. The van der Waals surface area contributed by atoms with Gasteiger partial charge < -0.3 is 20.1 Å². The van der Waals surface area contributed by atoms with Crippen LogP contribution in [0.1, 0.15) is 50.2 Å². The molecule has 2 aromatic carbocycles. The molecule has 3 aromatic rings. The molecule has 0 radical (unpaired) electrons. The summed E-state index contributed by atoms with van der Waals surface area (Å²) >= 11 is 1.31. The molecule has 1 aliphatic rings. The summed E-state index contributed by atoms with van der Waals surface area (Å²) in [4.78, 5) is 26.5. The molecule has 250 valence electrons. The van der Waals surface area contributed by atoms with Gasteiger partial charge in [0.2, 0.25) is 0 Å². The van der Waals surface area contributed by atoms with Crippen LogP contribution in [0.5, 0.6) is 11.5 Å². The number of anilines is 1. The van der Waals surface area contributed by atoms with Crippen molar-refractivity contribution in [2.24, 2.45) is 0 Å². The molecule has 0 bridgehead atoms. The van der Waals surface area contributed by atoms with Gasteiger partial charge in [-0.3, -0.25) is 14.3 Å². The molecule has 2 heterocycles. The number of carbonyl (C=O) groups excluding carboxylic acids is 2. The van der Waals surface area contributed by atoms with Crippen molar-refractivity contribution in [1.82, 2.24) is 15.1 Å². The van der Waals surface area contributed by atoms with Gasteiger partial charge >= 0.3 is 24.6 Å². The highest BCUT2D eigenvalue weighted by Gasteiger charge is 2.66. The summed E-state index contributed by atoms with van der Waals surface area (Å²) in [6.45, 7) is 2.21. The average molecular weight is 689 g/mol. The minimum Gasteiger partial charge on any atom is -0.421 e. The molecule has 0 unspecified atom stereocenters. The van der Waals surface area contributed by atoms with E-state index in [0.717, 1.165) is 12.1 Å². The highest BCUT2D eigenvalue weighted by Crippen LogP contribution is 2.49. The highest BCUT2D eigenvalue weighted by molar-refractivity contribution is 7.98. The lowest BCUT2D eigenvalue weighted by atomic mass is 10.0. The van der Waals surface area contributed by atoms with E-state index in [1.165, 1.54) is 36.9 Å². The first-order valence-corrected chi connectivity index (χ1v) is 14.3. The minimum atomic E-state index is -5.22. The maximum atomic E-state index is 14.1. The number of benzene rings is 2. The number of hydrogen-bond acceptors (Lipinski definition) is 6. The highest BCUT2D eigenvalue weighted by atomic mass is 32.2. The molecule has 1 aromatic heterocycles. The van der Waals surface area contributed by atoms with E-state index in [2.05, 4.69) is 25.2 Å². The van der Waals surface area contributed by atoms with Crippen LogP contribution in [0, 0.1) is 6.92 Å². The number of aryl methyl sites for hydroxylation is 1. The third-order valence-electron chi connectivity index (χ3n) is 6.43. The zero-order valence-corrected chi connectivity index (χ0v) is 24.5. The first kappa shape index (κ1) is 34.7. The number of hydrogen-bond donors (Lipinski definition) is 2. The second kappa shape index (κ2) is 12.2. The van der Waals surface area contributed by atoms with E-state index in [9.17, 15) is 53.5 Å². The minimum absolute atomic E-state index is 0.00454. The van der Waals surface area contributed by atoms with Crippen LogP contribution in [0.25, 0.3) is 0 Å². The van der Waals surface area contributed by atoms with E-state index in [0.29, 0.717) is 5.75 Å². The van der Waals surface area contributed by atoms with Gasteiger partial charge in [0.25, 0.3) is 11.8 Å². The Bertz CT molecular complexity index is 1660. The molecule has 1 atom stereocenters. The summed E-state index contributed by atoms with van der Waals surface area (Å²) in [7, 11) is 0. The van der Waals surface area contributed by atoms with Gasteiger partial charge in [-0.05, 0) is 49.4 Å². The van der Waals surface area contributed by atoms with Crippen molar-refractivity contribution in [3.8, 4) is 11.5 Å². The first-order chi connectivity index (χ1) is 21.1. The van der Waals surface area contributed by atoms with Gasteiger partial charge in [0.05, 0.1) is 17.7 Å². The van der Waals surface area contributed by atoms with Crippen molar-refractivity contribution in [2.45, 2.75) is 51.0 Å². The molecule has 19 heteroatoms. The summed E-state index contributed by atoms with van der Waals surface area (Å²) in [5.41, 5.74) is -4.58. The smallest absolute Gasteiger partial charge is 0.421 e. The maximum absolute atomic E-state index is 14.1. The number of halogens is 10. The molecule has 1 aliphatic heterocycles. The number of alkyl halides is 10. The third kappa shape index (κ3) is 7.13. The van der Waals surface area contributed by atoms with E-state index >= 15 is 0 Å². The lowest BCUT2D eigenvalue weighted by Crippen LogP contribution is -2.52. The summed E-state index contributed by atoms with van der Waals surface area (Å²) in [5, 5.41) is 7.88. The molecule has 0 aliphatic carbocycles. The summed E-state index contributed by atoms with van der Waals surface area (Å²) in [5.74, 6) is -3.95. The molecule has 0 saturated carbocycles. The fourth-order valence-corrected chi connectivity index (χ4v) is 4.95. The Morgan fingerprint density at radius 3 is 2.20 bits per heavy atom. The monoisotopic (exact) mass is 688 g/mol. The van der Waals surface area contributed by atoms with E-state index < -0.39 is 83.0 Å². The lowest BCUT2D eigenvalue weighted by Gasteiger charge is -2.33. The van der Waals surface area contributed by atoms with Crippen molar-refractivity contribution in [3.05, 3.63) is 70.0 Å². The van der Waals surface area contributed by atoms with Gasteiger partial charge in [-0.25, -0.2) is 0 Å². The predicted molar refractivity (Wildman–Crippen MR) is 143 cm³/mol. The summed E-state index contributed by atoms with van der Waals surface area (Å²) in [6.07, 6.45) is -18.9. The number of ether oxygens (including phenoxy) is 2. The number of nitrogens with zero attached hydrogens (tertiary/aromatic N) is 2. The standard InChI is InChI=1S/C27H22F10N4O4S/c1-12-8-14(10-41-19(25(31,32)33)9-18(40-41)24(28,29)30)4-6-16(12)39-22(42)15-5-7-17-21(45-27(36,37)26(34,35)44-17)20(15)23(43)38-13(2)11-46-3/h4-9,13H,10-11H2,1-3H3,(H,38,43)(H,39,42)/t13-/m1/s1. The SMILES string of the molecule is CSC[C@@H](C)NC(=O)c1c(C(=O)Nc2ccc(Cn3nc(C(F)(F)F)cc3C(F)(F)F)cc2C)ccc2c1OC(F)(F)C(F)(F)O2. The molecule has 8 nitrogen and oxygen atoms in total. The second-order valence-electron chi connectivity index (χ2n) is 10.1. The number of aromatic nitrogens is 2. The molecule has 46 heavy (non-hydrogen) atoms. The summed E-state index contributed by atoms with van der Waals surface area (Å²) in [6, 6.07) is 4.51. The van der Waals surface area contributed by atoms with Crippen LogP contribution < -0.4 is 20.1 Å². The number of carbonyl (C=O) groups is 2. The Balaban J connectivity index is 1.66. The number of fused-ring (bicyclic) bond motifs is 1.